The van der Waals surface area contributed by atoms with Crippen molar-refractivity contribution in [2.45, 2.75) is 0 Å². The fourth-order valence-corrected chi connectivity index (χ4v) is 3.86. The molecule has 0 aliphatic heterocycles. The van der Waals surface area contributed by atoms with Gasteiger partial charge in [-0.2, -0.15) is 15.2 Å². The third-order valence-corrected chi connectivity index (χ3v) is 5.52. The molecule has 5 aromatic rings. The van der Waals surface area contributed by atoms with E-state index in [0.29, 0.717) is 17.2 Å². The van der Waals surface area contributed by atoms with Gasteiger partial charge >= 0.3 is 0 Å². The van der Waals surface area contributed by atoms with E-state index in [1.807, 2.05) is 78.9 Å². The minimum Gasteiger partial charge on any atom is -0.208 e. The predicted molar refractivity (Wildman–Crippen MR) is 131 cm³/mol. The molecule has 0 fully saturated rings. The van der Waals surface area contributed by atoms with Crippen LogP contribution >= 0.6 is 11.6 Å². The van der Waals surface area contributed by atoms with Gasteiger partial charge in [-0.3, -0.25) is 0 Å². The second-order valence-corrected chi connectivity index (χ2v) is 7.77. The molecular formula is C28H17ClN4. The summed E-state index contributed by atoms with van der Waals surface area (Å²) in [6, 6.07) is 35.7. The van der Waals surface area contributed by atoms with E-state index in [2.05, 4.69) is 40.3 Å². The summed E-state index contributed by atoms with van der Waals surface area (Å²) in [5, 5.41) is 9.17. The van der Waals surface area contributed by atoms with Crippen LogP contribution in [0.3, 0.4) is 0 Å². The summed E-state index contributed by atoms with van der Waals surface area (Å²) in [7, 11) is 0. The van der Waals surface area contributed by atoms with Crippen molar-refractivity contribution >= 4 is 11.6 Å². The summed E-state index contributed by atoms with van der Waals surface area (Å²) in [6.45, 7) is 0. The minimum absolute atomic E-state index is 0.157. The van der Waals surface area contributed by atoms with Crippen LogP contribution in [0.1, 0.15) is 5.56 Å². The summed E-state index contributed by atoms with van der Waals surface area (Å²) in [5.74, 6) is 1.07. The van der Waals surface area contributed by atoms with E-state index in [4.69, 9.17) is 21.8 Å². The van der Waals surface area contributed by atoms with Crippen molar-refractivity contribution in [1.29, 1.82) is 5.26 Å². The SMILES string of the molecule is N#Cc1ccc(-c2ccc(-c3ccccc3-c3nc(Cl)nc(-c4ccccc4)n3)cc2)cc1. The quantitative estimate of drug-likeness (QED) is 0.297. The van der Waals surface area contributed by atoms with Gasteiger partial charge in [0.1, 0.15) is 0 Å². The molecule has 1 heterocycles. The van der Waals surface area contributed by atoms with Gasteiger partial charge in [-0.05, 0) is 46.0 Å². The molecule has 0 radical (unpaired) electrons. The average molecular weight is 445 g/mol. The highest BCUT2D eigenvalue weighted by Gasteiger charge is 2.13. The van der Waals surface area contributed by atoms with Crippen molar-refractivity contribution in [2.75, 3.05) is 0 Å². The highest BCUT2D eigenvalue weighted by molar-refractivity contribution is 6.28. The van der Waals surface area contributed by atoms with E-state index in [1.165, 1.54) is 0 Å². The van der Waals surface area contributed by atoms with E-state index in [0.717, 1.165) is 33.4 Å². The molecule has 0 aliphatic carbocycles. The van der Waals surface area contributed by atoms with Gasteiger partial charge in [-0.1, -0.05) is 91.0 Å². The Hall–Kier alpha value is -4.33. The van der Waals surface area contributed by atoms with Crippen LogP contribution < -0.4 is 0 Å². The Kier molecular flexibility index (Phi) is 5.63. The van der Waals surface area contributed by atoms with Crippen LogP contribution in [0.2, 0.25) is 5.28 Å². The average Bonchev–Trinajstić information content (AvgIpc) is 2.89. The van der Waals surface area contributed by atoms with Crippen LogP contribution in [0, 0.1) is 11.3 Å². The Balaban J connectivity index is 1.54. The summed E-state index contributed by atoms with van der Waals surface area (Å²) in [5.41, 5.74) is 6.60. The van der Waals surface area contributed by atoms with Crippen LogP contribution in [-0.4, -0.2) is 15.0 Å². The van der Waals surface area contributed by atoms with E-state index in [-0.39, 0.29) is 5.28 Å². The number of halogens is 1. The van der Waals surface area contributed by atoms with Crippen molar-refractivity contribution in [1.82, 2.24) is 15.0 Å². The van der Waals surface area contributed by atoms with Crippen molar-refractivity contribution < 1.29 is 0 Å². The number of aromatic nitrogens is 3. The smallest absolute Gasteiger partial charge is 0.208 e. The molecule has 0 unspecified atom stereocenters. The molecule has 0 amide bonds. The lowest BCUT2D eigenvalue weighted by atomic mass is 9.96. The summed E-state index contributed by atoms with van der Waals surface area (Å²) in [6.07, 6.45) is 0. The van der Waals surface area contributed by atoms with Gasteiger partial charge in [0.05, 0.1) is 11.6 Å². The maximum absolute atomic E-state index is 9.01. The summed E-state index contributed by atoms with van der Waals surface area (Å²) < 4.78 is 0. The first-order valence-electron chi connectivity index (χ1n) is 10.4. The van der Waals surface area contributed by atoms with Crippen LogP contribution in [-0.2, 0) is 0 Å². The van der Waals surface area contributed by atoms with Gasteiger partial charge in [-0.15, -0.1) is 0 Å². The van der Waals surface area contributed by atoms with Crippen molar-refractivity contribution in [3.8, 4) is 51.1 Å². The first kappa shape index (κ1) is 20.6. The van der Waals surface area contributed by atoms with Gasteiger partial charge in [0.15, 0.2) is 11.6 Å². The predicted octanol–water partition coefficient (Wildman–Crippen LogP) is 7.06. The molecule has 0 aliphatic rings. The number of benzene rings is 4. The zero-order valence-corrected chi connectivity index (χ0v) is 18.2. The zero-order chi connectivity index (χ0) is 22.6. The molecular weight excluding hydrogens is 428 g/mol. The third kappa shape index (κ3) is 4.36. The largest absolute Gasteiger partial charge is 0.226 e. The number of nitriles is 1. The van der Waals surface area contributed by atoms with E-state index in [1.54, 1.807) is 0 Å². The van der Waals surface area contributed by atoms with Crippen molar-refractivity contribution in [2.24, 2.45) is 0 Å². The molecule has 1 aromatic heterocycles. The van der Waals surface area contributed by atoms with Crippen LogP contribution in [0.4, 0.5) is 0 Å². The molecule has 156 valence electrons. The Bertz CT molecular complexity index is 1460. The molecule has 5 rings (SSSR count). The maximum atomic E-state index is 9.01. The van der Waals surface area contributed by atoms with Gasteiger partial charge in [0.2, 0.25) is 5.28 Å². The first-order valence-corrected chi connectivity index (χ1v) is 10.8. The van der Waals surface area contributed by atoms with Gasteiger partial charge in [-0.25, -0.2) is 4.98 Å². The topological polar surface area (TPSA) is 62.5 Å². The molecule has 0 saturated carbocycles. The van der Waals surface area contributed by atoms with E-state index in [9.17, 15) is 0 Å². The molecule has 33 heavy (non-hydrogen) atoms. The number of hydrogen-bond acceptors (Lipinski definition) is 4. The fraction of sp³-hybridized carbons (Fsp3) is 0. The second-order valence-electron chi connectivity index (χ2n) is 7.43. The number of nitrogens with zero attached hydrogens (tertiary/aromatic N) is 4. The molecule has 0 bridgehead atoms. The monoisotopic (exact) mass is 444 g/mol. The van der Waals surface area contributed by atoms with Crippen LogP contribution in [0.15, 0.2) is 103 Å². The highest BCUT2D eigenvalue weighted by atomic mass is 35.5. The van der Waals surface area contributed by atoms with Crippen LogP contribution in [0.25, 0.3) is 45.0 Å². The lowest BCUT2D eigenvalue weighted by Crippen LogP contribution is -1.98. The molecule has 4 nitrogen and oxygen atoms in total. The lowest BCUT2D eigenvalue weighted by molar-refractivity contribution is 1.07. The first-order chi connectivity index (χ1) is 16.2. The second kappa shape index (κ2) is 9.04. The Morgan fingerprint density at radius 3 is 1.73 bits per heavy atom. The zero-order valence-electron chi connectivity index (χ0n) is 17.5. The van der Waals surface area contributed by atoms with Gasteiger partial charge in [0, 0.05) is 11.1 Å². The van der Waals surface area contributed by atoms with Crippen LogP contribution in [0.5, 0.6) is 0 Å². The standard InChI is InChI=1S/C28H17ClN4/c29-28-32-26(23-6-2-1-3-7-23)31-27(33-28)25-9-5-4-8-24(25)22-16-14-21(15-17-22)20-12-10-19(18-30)11-13-20/h1-17H. The highest BCUT2D eigenvalue weighted by Crippen LogP contribution is 2.33. The Morgan fingerprint density at radius 1 is 0.515 bits per heavy atom. The molecule has 5 heteroatoms. The number of rotatable bonds is 4. The molecule has 0 atom stereocenters. The van der Waals surface area contributed by atoms with Gasteiger partial charge < -0.3 is 0 Å². The Morgan fingerprint density at radius 2 is 1.06 bits per heavy atom. The Labute approximate surface area is 196 Å². The maximum Gasteiger partial charge on any atom is 0.226 e. The lowest BCUT2D eigenvalue weighted by Gasteiger charge is -2.11. The summed E-state index contributed by atoms with van der Waals surface area (Å²) >= 11 is 6.28. The fourth-order valence-electron chi connectivity index (χ4n) is 3.70. The number of hydrogen-bond donors (Lipinski definition) is 0. The molecule has 0 saturated heterocycles. The van der Waals surface area contributed by atoms with Crippen molar-refractivity contribution in [3.63, 3.8) is 0 Å². The van der Waals surface area contributed by atoms with Crippen molar-refractivity contribution in [3.05, 3.63) is 114 Å². The molecule has 0 N–H and O–H groups in total. The van der Waals surface area contributed by atoms with E-state index < -0.39 is 0 Å². The summed E-state index contributed by atoms with van der Waals surface area (Å²) in [4.78, 5) is 13.4. The van der Waals surface area contributed by atoms with E-state index >= 15 is 0 Å². The van der Waals surface area contributed by atoms with Gasteiger partial charge in [0.25, 0.3) is 0 Å². The molecule has 4 aromatic carbocycles. The normalized spacial score (nSPS) is 10.5. The third-order valence-electron chi connectivity index (χ3n) is 5.35. The minimum atomic E-state index is 0.157. The molecule has 0 spiro atoms.